The van der Waals surface area contributed by atoms with Gasteiger partial charge in [-0.3, -0.25) is 14.6 Å². The van der Waals surface area contributed by atoms with Crippen molar-refractivity contribution >= 4 is 22.6 Å². The number of carboxylic acid groups (broad SMARTS) is 1. The average molecular weight is 324 g/mol. The van der Waals surface area contributed by atoms with Crippen molar-refractivity contribution in [2.75, 3.05) is 0 Å². The number of benzene rings is 1. The second kappa shape index (κ2) is 5.30. The second-order valence-electron chi connectivity index (χ2n) is 6.90. The zero-order valence-electron chi connectivity index (χ0n) is 13.6. The first-order chi connectivity index (χ1) is 11.6. The molecular weight excluding hydrogens is 304 g/mol. The summed E-state index contributed by atoms with van der Waals surface area (Å²) in [5, 5.41) is 11.7. The number of carbonyl (C=O) groups excluding carboxylic acids is 1. The third-order valence-corrected chi connectivity index (χ3v) is 5.88. The van der Waals surface area contributed by atoms with Crippen LogP contribution in [0.25, 0.3) is 10.8 Å². The number of hydrogen-bond acceptors (Lipinski definition) is 3. The molecule has 5 nitrogen and oxygen atoms in total. The Morgan fingerprint density at radius 2 is 2.04 bits per heavy atom. The standard InChI is InChI=1S/C19H20N2O3/c1-2-19(18(23)24)10-14-7-8-16(19)21(14)17(22)15-9-12-5-3-4-6-13(12)11-20-15/h3-6,9,11,14,16H,2,7-8,10H2,1H3,(H,23,24)/t14-,16+,19+/m0/s1. The van der Waals surface area contributed by atoms with E-state index in [0.717, 1.165) is 23.6 Å². The smallest absolute Gasteiger partial charge is 0.311 e. The summed E-state index contributed by atoms with van der Waals surface area (Å²) < 4.78 is 0. The summed E-state index contributed by atoms with van der Waals surface area (Å²) in [5.74, 6) is -0.911. The quantitative estimate of drug-likeness (QED) is 0.942. The van der Waals surface area contributed by atoms with Gasteiger partial charge in [0.15, 0.2) is 0 Å². The maximum absolute atomic E-state index is 13.0. The zero-order chi connectivity index (χ0) is 16.9. The van der Waals surface area contributed by atoms with Gasteiger partial charge in [0, 0.05) is 23.7 Å². The molecule has 124 valence electrons. The minimum absolute atomic E-state index is 0.0202. The highest BCUT2D eigenvalue weighted by molar-refractivity contribution is 5.97. The normalized spacial score (nSPS) is 28.5. The summed E-state index contributed by atoms with van der Waals surface area (Å²) in [6.07, 6.45) is 4.48. The highest BCUT2D eigenvalue weighted by Crippen LogP contribution is 2.52. The van der Waals surface area contributed by atoms with E-state index in [2.05, 4.69) is 4.98 Å². The van der Waals surface area contributed by atoms with Crippen LogP contribution < -0.4 is 0 Å². The minimum Gasteiger partial charge on any atom is -0.481 e. The summed E-state index contributed by atoms with van der Waals surface area (Å²) in [4.78, 5) is 31.0. The molecule has 1 amide bonds. The lowest BCUT2D eigenvalue weighted by Crippen LogP contribution is -2.44. The first-order valence-corrected chi connectivity index (χ1v) is 8.47. The predicted molar refractivity (Wildman–Crippen MR) is 89.7 cm³/mol. The molecule has 0 radical (unpaired) electrons. The second-order valence-corrected chi connectivity index (χ2v) is 6.90. The van der Waals surface area contributed by atoms with Gasteiger partial charge in [-0.2, -0.15) is 0 Å². The van der Waals surface area contributed by atoms with Gasteiger partial charge in [-0.25, -0.2) is 0 Å². The van der Waals surface area contributed by atoms with Crippen LogP contribution in [0, 0.1) is 5.41 Å². The van der Waals surface area contributed by atoms with Crippen LogP contribution in [-0.2, 0) is 4.79 Å². The lowest BCUT2D eigenvalue weighted by Gasteiger charge is -2.32. The molecule has 2 aliphatic heterocycles. The van der Waals surface area contributed by atoms with E-state index in [-0.39, 0.29) is 18.0 Å². The van der Waals surface area contributed by atoms with Crippen LogP contribution in [0.4, 0.5) is 0 Å². The first kappa shape index (κ1) is 15.1. The Balaban J connectivity index is 1.70. The van der Waals surface area contributed by atoms with E-state index in [9.17, 15) is 14.7 Å². The van der Waals surface area contributed by atoms with E-state index in [1.54, 1.807) is 11.1 Å². The van der Waals surface area contributed by atoms with Crippen molar-refractivity contribution in [3.8, 4) is 0 Å². The number of carboxylic acids is 1. The number of carbonyl (C=O) groups is 2. The van der Waals surface area contributed by atoms with Crippen molar-refractivity contribution < 1.29 is 14.7 Å². The molecule has 4 rings (SSSR count). The molecule has 3 atom stereocenters. The molecule has 0 unspecified atom stereocenters. The highest BCUT2D eigenvalue weighted by Gasteiger charge is 2.60. The largest absolute Gasteiger partial charge is 0.481 e. The van der Waals surface area contributed by atoms with E-state index in [1.165, 1.54) is 0 Å². The van der Waals surface area contributed by atoms with Crippen molar-refractivity contribution in [3.05, 3.63) is 42.2 Å². The van der Waals surface area contributed by atoms with Gasteiger partial charge in [-0.15, -0.1) is 0 Å². The topological polar surface area (TPSA) is 70.5 Å². The number of aliphatic carboxylic acids is 1. The number of amides is 1. The Morgan fingerprint density at radius 1 is 1.29 bits per heavy atom. The molecule has 2 fully saturated rings. The van der Waals surface area contributed by atoms with Gasteiger partial charge in [0.1, 0.15) is 5.69 Å². The van der Waals surface area contributed by atoms with Crippen LogP contribution in [0.1, 0.15) is 43.1 Å². The third-order valence-electron chi connectivity index (χ3n) is 5.88. The SMILES string of the molecule is CC[C@@]1(C(=O)O)C[C@@H]2CC[C@H]1N2C(=O)c1cc2ccccc2cn1. The van der Waals surface area contributed by atoms with Gasteiger partial charge >= 0.3 is 5.97 Å². The van der Waals surface area contributed by atoms with Crippen LogP contribution in [0.15, 0.2) is 36.5 Å². The lowest BCUT2D eigenvalue weighted by molar-refractivity contribution is -0.151. The molecule has 3 heterocycles. The van der Waals surface area contributed by atoms with E-state index < -0.39 is 11.4 Å². The maximum Gasteiger partial charge on any atom is 0.311 e. The van der Waals surface area contributed by atoms with Crippen LogP contribution in [0.3, 0.4) is 0 Å². The number of aromatic nitrogens is 1. The van der Waals surface area contributed by atoms with E-state index in [0.29, 0.717) is 18.5 Å². The van der Waals surface area contributed by atoms with Crippen molar-refractivity contribution in [2.45, 2.75) is 44.7 Å². The Kier molecular flexibility index (Phi) is 3.34. The Bertz CT molecular complexity index is 834. The van der Waals surface area contributed by atoms with Crippen molar-refractivity contribution in [3.63, 3.8) is 0 Å². The van der Waals surface area contributed by atoms with E-state index in [1.807, 2.05) is 37.3 Å². The van der Waals surface area contributed by atoms with Gasteiger partial charge in [-0.1, -0.05) is 31.2 Å². The molecular formula is C19H20N2O3. The fourth-order valence-corrected chi connectivity index (χ4v) is 4.58. The van der Waals surface area contributed by atoms with E-state index >= 15 is 0 Å². The van der Waals surface area contributed by atoms with Gasteiger partial charge in [0.2, 0.25) is 0 Å². The summed E-state index contributed by atoms with van der Waals surface area (Å²) >= 11 is 0. The van der Waals surface area contributed by atoms with Crippen molar-refractivity contribution in [1.82, 2.24) is 9.88 Å². The zero-order valence-corrected chi connectivity index (χ0v) is 13.6. The van der Waals surface area contributed by atoms with Crippen LogP contribution in [0.5, 0.6) is 0 Å². The Morgan fingerprint density at radius 3 is 2.71 bits per heavy atom. The first-order valence-electron chi connectivity index (χ1n) is 8.47. The van der Waals surface area contributed by atoms with Gasteiger partial charge < -0.3 is 10.0 Å². The van der Waals surface area contributed by atoms with Gasteiger partial charge in [0.25, 0.3) is 5.91 Å². The van der Waals surface area contributed by atoms with Gasteiger partial charge in [0.05, 0.1) is 5.41 Å². The molecule has 2 saturated heterocycles. The molecule has 24 heavy (non-hydrogen) atoms. The molecule has 1 N–H and O–H groups in total. The monoisotopic (exact) mass is 324 g/mol. The molecule has 0 saturated carbocycles. The van der Waals surface area contributed by atoms with Crippen LogP contribution in [0.2, 0.25) is 0 Å². The molecule has 1 aromatic heterocycles. The molecule has 0 spiro atoms. The highest BCUT2D eigenvalue weighted by atomic mass is 16.4. The summed E-state index contributed by atoms with van der Waals surface area (Å²) in [6, 6.07) is 9.40. The fraction of sp³-hybridized carbons (Fsp3) is 0.421. The summed E-state index contributed by atoms with van der Waals surface area (Å²) in [6.45, 7) is 1.91. The number of pyridine rings is 1. The summed E-state index contributed by atoms with van der Waals surface area (Å²) in [5.41, 5.74) is -0.391. The lowest BCUT2D eigenvalue weighted by atomic mass is 9.72. The summed E-state index contributed by atoms with van der Waals surface area (Å²) in [7, 11) is 0. The Hall–Kier alpha value is -2.43. The molecule has 2 bridgehead atoms. The Labute approximate surface area is 140 Å². The molecule has 1 aromatic carbocycles. The number of nitrogens with zero attached hydrogens (tertiary/aromatic N) is 2. The average Bonchev–Trinajstić information content (AvgIpc) is 3.16. The van der Waals surface area contributed by atoms with E-state index in [4.69, 9.17) is 0 Å². The minimum atomic E-state index is -0.796. The third kappa shape index (κ3) is 1.97. The number of rotatable bonds is 3. The molecule has 5 heteroatoms. The van der Waals surface area contributed by atoms with Crippen LogP contribution in [-0.4, -0.2) is 39.0 Å². The predicted octanol–water partition coefficient (Wildman–Crippen LogP) is 3.09. The van der Waals surface area contributed by atoms with Crippen LogP contribution >= 0.6 is 0 Å². The molecule has 2 aromatic rings. The molecule has 0 aliphatic carbocycles. The van der Waals surface area contributed by atoms with Crippen molar-refractivity contribution in [1.29, 1.82) is 0 Å². The van der Waals surface area contributed by atoms with Crippen molar-refractivity contribution in [2.24, 2.45) is 5.41 Å². The number of fused-ring (bicyclic) bond motifs is 3. The maximum atomic E-state index is 13.0. The van der Waals surface area contributed by atoms with Gasteiger partial charge in [-0.05, 0) is 37.1 Å². The fourth-order valence-electron chi connectivity index (χ4n) is 4.58. The number of hydrogen-bond donors (Lipinski definition) is 1. The molecule has 2 aliphatic rings.